The van der Waals surface area contributed by atoms with Gasteiger partial charge in [-0.25, -0.2) is 0 Å². The molecular formula is C18H29N3O. The quantitative estimate of drug-likeness (QED) is 0.612. The van der Waals surface area contributed by atoms with E-state index in [9.17, 15) is 4.79 Å². The number of hydrogen-bond acceptors (Lipinski definition) is 3. The summed E-state index contributed by atoms with van der Waals surface area (Å²) >= 11 is 0. The second-order valence-electron chi connectivity index (χ2n) is 6.32. The highest BCUT2D eigenvalue weighted by Gasteiger charge is 2.21. The molecule has 2 rings (SSSR count). The van der Waals surface area contributed by atoms with Crippen LogP contribution in [0.4, 0.5) is 17.1 Å². The molecule has 122 valence electrons. The Balaban J connectivity index is 2.11. The molecule has 1 saturated heterocycles. The third-order valence-corrected chi connectivity index (χ3v) is 4.41. The molecule has 4 heteroatoms. The van der Waals surface area contributed by atoms with Crippen LogP contribution in [-0.2, 0) is 4.79 Å². The van der Waals surface area contributed by atoms with Crippen molar-refractivity contribution in [3.63, 3.8) is 0 Å². The van der Waals surface area contributed by atoms with E-state index in [1.54, 1.807) is 0 Å². The molecule has 3 N–H and O–H groups in total. The van der Waals surface area contributed by atoms with Crippen LogP contribution in [-0.4, -0.2) is 18.5 Å². The summed E-state index contributed by atoms with van der Waals surface area (Å²) in [6, 6.07) is 6.35. The lowest BCUT2D eigenvalue weighted by Gasteiger charge is -2.36. The molecule has 0 bridgehead atoms. The zero-order chi connectivity index (χ0) is 15.9. The van der Waals surface area contributed by atoms with E-state index < -0.39 is 0 Å². The Kier molecular flexibility index (Phi) is 6.10. The summed E-state index contributed by atoms with van der Waals surface area (Å²) in [6.45, 7) is 5.44. The lowest BCUT2D eigenvalue weighted by molar-refractivity contribution is -0.116. The van der Waals surface area contributed by atoms with Crippen LogP contribution in [0.1, 0.15) is 58.8 Å². The van der Waals surface area contributed by atoms with Gasteiger partial charge in [-0.2, -0.15) is 0 Å². The van der Waals surface area contributed by atoms with Gasteiger partial charge in [0.25, 0.3) is 0 Å². The van der Waals surface area contributed by atoms with Crippen LogP contribution >= 0.6 is 0 Å². The van der Waals surface area contributed by atoms with Crippen molar-refractivity contribution in [3.8, 4) is 0 Å². The minimum absolute atomic E-state index is 0.0879. The van der Waals surface area contributed by atoms with Crippen molar-refractivity contribution < 1.29 is 4.79 Å². The van der Waals surface area contributed by atoms with E-state index >= 15 is 0 Å². The number of benzene rings is 1. The molecule has 1 aliphatic heterocycles. The Bertz CT molecular complexity index is 501. The van der Waals surface area contributed by atoms with Crippen LogP contribution in [0, 0.1) is 0 Å². The summed E-state index contributed by atoms with van der Waals surface area (Å²) in [7, 11) is 0. The topological polar surface area (TPSA) is 58.4 Å². The predicted molar refractivity (Wildman–Crippen MR) is 94.3 cm³/mol. The number of carbonyl (C=O) groups is 1. The minimum Gasteiger partial charge on any atom is -0.399 e. The van der Waals surface area contributed by atoms with E-state index in [4.69, 9.17) is 5.73 Å². The molecule has 1 aromatic carbocycles. The number of nitrogens with two attached hydrogens (primary N) is 1. The number of hydrogen-bond donors (Lipinski definition) is 2. The first-order valence-corrected chi connectivity index (χ1v) is 8.58. The summed E-state index contributed by atoms with van der Waals surface area (Å²) in [5.41, 5.74) is 8.57. The molecule has 0 aromatic heterocycles. The van der Waals surface area contributed by atoms with Gasteiger partial charge < -0.3 is 16.0 Å². The molecule has 0 saturated carbocycles. The lowest BCUT2D eigenvalue weighted by Crippen LogP contribution is -2.38. The summed E-state index contributed by atoms with van der Waals surface area (Å²) < 4.78 is 0. The molecule has 1 aromatic rings. The van der Waals surface area contributed by atoms with E-state index in [1.807, 2.05) is 18.2 Å². The number of carbonyl (C=O) groups excluding carboxylic acids is 1. The summed E-state index contributed by atoms with van der Waals surface area (Å²) in [6.07, 6.45) is 7.44. The Morgan fingerprint density at radius 2 is 2.18 bits per heavy atom. The van der Waals surface area contributed by atoms with E-state index in [1.165, 1.54) is 19.3 Å². The Labute approximate surface area is 134 Å². The molecule has 1 amide bonds. The van der Waals surface area contributed by atoms with Gasteiger partial charge in [0.2, 0.25) is 5.91 Å². The first kappa shape index (κ1) is 16.7. The molecule has 0 radical (unpaired) electrons. The molecule has 1 aliphatic rings. The fourth-order valence-electron chi connectivity index (χ4n) is 3.11. The van der Waals surface area contributed by atoms with Crippen LogP contribution in [0.2, 0.25) is 0 Å². The normalized spacial score (nSPS) is 18.3. The zero-order valence-electron chi connectivity index (χ0n) is 13.9. The highest BCUT2D eigenvalue weighted by atomic mass is 16.1. The van der Waals surface area contributed by atoms with Gasteiger partial charge in [0.05, 0.1) is 11.4 Å². The van der Waals surface area contributed by atoms with Gasteiger partial charge in [-0.3, -0.25) is 4.79 Å². The molecule has 1 atom stereocenters. The van der Waals surface area contributed by atoms with Crippen molar-refractivity contribution >= 4 is 23.0 Å². The SMILES string of the molecule is CCCCCC(=O)Nc1cc(N)ccc1N1CCCC[C@@H]1C. The maximum absolute atomic E-state index is 12.1. The summed E-state index contributed by atoms with van der Waals surface area (Å²) in [5, 5.41) is 3.07. The predicted octanol–water partition coefficient (Wildman–Crippen LogP) is 4.17. The lowest BCUT2D eigenvalue weighted by atomic mass is 10.0. The number of piperidine rings is 1. The minimum atomic E-state index is 0.0879. The average Bonchev–Trinajstić information content (AvgIpc) is 2.49. The first-order chi connectivity index (χ1) is 10.6. The largest absolute Gasteiger partial charge is 0.399 e. The van der Waals surface area contributed by atoms with Crippen molar-refractivity contribution in [2.45, 2.75) is 64.8 Å². The number of nitrogen functional groups attached to an aromatic ring is 1. The highest BCUT2D eigenvalue weighted by Crippen LogP contribution is 2.33. The number of rotatable bonds is 6. The van der Waals surface area contributed by atoms with Crippen molar-refractivity contribution in [3.05, 3.63) is 18.2 Å². The first-order valence-electron chi connectivity index (χ1n) is 8.58. The van der Waals surface area contributed by atoms with Crippen LogP contribution in [0.3, 0.4) is 0 Å². The monoisotopic (exact) mass is 303 g/mol. The smallest absolute Gasteiger partial charge is 0.224 e. The number of unbranched alkanes of at least 4 members (excludes halogenated alkanes) is 2. The fraction of sp³-hybridized carbons (Fsp3) is 0.611. The van der Waals surface area contributed by atoms with Crippen molar-refractivity contribution in [1.29, 1.82) is 0 Å². The molecule has 22 heavy (non-hydrogen) atoms. The van der Waals surface area contributed by atoms with Gasteiger partial charge in [0.15, 0.2) is 0 Å². The fourth-order valence-corrected chi connectivity index (χ4v) is 3.11. The van der Waals surface area contributed by atoms with Gasteiger partial charge in [-0.1, -0.05) is 19.8 Å². The summed E-state index contributed by atoms with van der Waals surface area (Å²) in [4.78, 5) is 14.5. The molecule has 1 heterocycles. The van der Waals surface area contributed by atoms with Gasteiger partial charge in [0, 0.05) is 24.7 Å². The number of amides is 1. The molecule has 1 fully saturated rings. The van der Waals surface area contributed by atoms with Gasteiger partial charge in [-0.15, -0.1) is 0 Å². The van der Waals surface area contributed by atoms with Gasteiger partial charge in [0.1, 0.15) is 0 Å². The van der Waals surface area contributed by atoms with Crippen LogP contribution in [0.5, 0.6) is 0 Å². The third-order valence-electron chi connectivity index (χ3n) is 4.41. The van der Waals surface area contributed by atoms with Crippen LogP contribution < -0.4 is 16.0 Å². The molecule has 0 spiro atoms. The van der Waals surface area contributed by atoms with Gasteiger partial charge in [-0.05, 0) is 50.8 Å². The van der Waals surface area contributed by atoms with E-state index in [-0.39, 0.29) is 5.91 Å². The molecule has 4 nitrogen and oxygen atoms in total. The van der Waals surface area contributed by atoms with E-state index in [0.29, 0.717) is 18.2 Å². The highest BCUT2D eigenvalue weighted by molar-refractivity contribution is 5.95. The van der Waals surface area contributed by atoms with Crippen LogP contribution in [0.15, 0.2) is 18.2 Å². The second kappa shape index (κ2) is 8.06. The maximum atomic E-state index is 12.1. The van der Waals surface area contributed by atoms with Gasteiger partial charge >= 0.3 is 0 Å². The summed E-state index contributed by atoms with van der Waals surface area (Å²) in [5.74, 6) is 0.0879. The van der Waals surface area contributed by atoms with E-state index in [2.05, 4.69) is 24.1 Å². The van der Waals surface area contributed by atoms with E-state index in [0.717, 1.165) is 37.2 Å². The number of nitrogens with zero attached hydrogens (tertiary/aromatic N) is 1. The molecular weight excluding hydrogens is 274 g/mol. The van der Waals surface area contributed by atoms with Crippen LogP contribution in [0.25, 0.3) is 0 Å². The Morgan fingerprint density at radius 1 is 1.36 bits per heavy atom. The van der Waals surface area contributed by atoms with Crippen molar-refractivity contribution in [2.24, 2.45) is 0 Å². The zero-order valence-corrected chi connectivity index (χ0v) is 13.9. The Hall–Kier alpha value is -1.71. The van der Waals surface area contributed by atoms with Crippen molar-refractivity contribution in [2.75, 3.05) is 22.5 Å². The van der Waals surface area contributed by atoms with Crippen molar-refractivity contribution in [1.82, 2.24) is 0 Å². The second-order valence-corrected chi connectivity index (χ2v) is 6.32. The molecule has 0 unspecified atom stereocenters. The standard InChI is InChI=1S/C18H29N3O/c1-3-4-5-9-18(22)20-16-13-15(19)10-11-17(16)21-12-7-6-8-14(21)2/h10-11,13-14H,3-9,12,19H2,1-2H3,(H,20,22)/t14-/m0/s1. The Morgan fingerprint density at radius 3 is 2.91 bits per heavy atom. The maximum Gasteiger partial charge on any atom is 0.224 e. The third kappa shape index (κ3) is 4.39. The number of nitrogens with one attached hydrogen (secondary N) is 1. The number of anilines is 3. The molecule has 0 aliphatic carbocycles. The average molecular weight is 303 g/mol.